The van der Waals surface area contributed by atoms with E-state index in [0.717, 1.165) is 18.4 Å². The lowest BCUT2D eigenvalue weighted by Crippen LogP contribution is -2.11. The first-order valence-corrected chi connectivity index (χ1v) is 4.26. The molecule has 0 fully saturated rings. The van der Waals surface area contributed by atoms with Crippen molar-refractivity contribution in [3.63, 3.8) is 0 Å². The lowest BCUT2D eigenvalue weighted by atomic mass is 10.1. The second-order valence-corrected chi connectivity index (χ2v) is 3.03. The fourth-order valence-corrected chi connectivity index (χ4v) is 1.31. The SMILES string of the molecule is C/C=C\CCC1=CC(=O)C(O)C1. The molecule has 0 amide bonds. The van der Waals surface area contributed by atoms with E-state index in [1.807, 2.05) is 13.0 Å². The fraction of sp³-hybridized carbons (Fsp3) is 0.500. The minimum Gasteiger partial charge on any atom is -0.385 e. The predicted molar refractivity (Wildman–Crippen MR) is 47.8 cm³/mol. The largest absolute Gasteiger partial charge is 0.385 e. The third-order valence-electron chi connectivity index (χ3n) is 2.00. The number of allylic oxidation sites excluding steroid dienone is 2. The van der Waals surface area contributed by atoms with Gasteiger partial charge in [0.1, 0.15) is 6.10 Å². The summed E-state index contributed by atoms with van der Waals surface area (Å²) in [7, 11) is 0. The standard InChI is InChI=1S/C10H14O2/c1-2-3-4-5-8-6-9(11)10(12)7-8/h2-3,6,10,12H,4-5,7H2,1H3/b3-2-. The number of rotatable bonds is 3. The monoisotopic (exact) mass is 166 g/mol. The minimum atomic E-state index is -0.759. The normalized spacial score (nSPS) is 23.7. The van der Waals surface area contributed by atoms with E-state index in [1.54, 1.807) is 6.08 Å². The van der Waals surface area contributed by atoms with Crippen LogP contribution in [-0.4, -0.2) is 17.0 Å². The number of ketones is 1. The van der Waals surface area contributed by atoms with E-state index >= 15 is 0 Å². The molecule has 1 aliphatic rings. The molecule has 0 bridgehead atoms. The van der Waals surface area contributed by atoms with Crippen molar-refractivity contribution in [1.29, 1.82) is 0 Å². The van der Waals surface area contributed by atoms with Crippen LogP contribution in [0.25, 0.3) is 0 Å². The smallest absolute Gasteiger partial charge is 0.184 e. The zero-order valence-electron chi connectivity index (χ0n) is 7.29. The van der Waals surface area contributed by atoms with Gasteiger partial charge in [-0.25, -0.2) is 0 Å². The summed E-state index contributed by atoms with van der Waals surface area (Å²) < 4.78 is 0. The molecule has 0 saturated carbocycles. The maximum Gasteiger partial charge on any atom is 0.184 e. The van der Waals surface area contributed by atoms with Crippen LogP contribution < -0.4 is 0 Å². The van der Waals surface area contributed by atoms with Gasteiger partial charge in [0.25, 0.3) is 0 Å². The van der Waals surface area contributed by atoms with Crippen molar-refractivity contribution >= 4 is 5.78 Å². The van der Waals surface area contributed by atoms with Gasteiger partial charge in [0.15, 0.2) is 5.78 Å². The van der Waals surface area contributed by atoms with Gasteiger partial charge in [-0.05, 0) is 25.8 Å². The van der Waals surface area contributed by atoms with Gasteiger partial charge in [-0.15, -0.1) is 0 Å². The maximum atomic E-state index is 10.9. The third kappa shape index (κ3) is 2.31. The summed E-state index contributed by atoms with van der Waals surface area (Å²) in [6.45, 7) is 1.98. The molecule has 0 spiro atoms. The Labute approximate surface area is 72.6 Å². The van der Waals surface area contributed by atoms with E-state index in [0.29, 0.717) is 6.42 Å². The molecule has 12 heavy (non-hydrogen) atoms. The van der Waals surface area contributed by atoms with Crippen LogP contribution in [-0.2, 0) is 4.79 Å². The zero-order chi connectivity index (χ0) is 8.97. The second kappa shape index (κ2) is 4.21. The van der Waals surface area contributed by atoms with E-state index < -0.39 is 6.10 Å². The van der Waals surface area contributed by atoms with Crippen LogP contribution in [0.4, 0.5) is 0 Å². The quantitative estimate of drug-likeness (QED) is 0.646. The van der Waals surface area contributed by atoms with Crippen molar-refractivity contribution in [2.24, 2.45) is 0 Å². The molecule has 0 aromatic rings. The Bertz CT molecular complexity index is 226. The Hall–Kier alpha value is -0.890. The summed E-state index contributed by atoms with van der Waals surface area (Å²) in [6.07, 6.45) is 7.27. The van der Waals surface area contributed by atoms with Crippen LogP contribution in [0.2, 0.25) is 0 Å². The van der Waals surface area contributed by atoms with Gasteiger partial charge in [-0.1, -0.05) is 17.7 Å². The summed E-state index contributed by atoms with van der Waals surface area (Å²) >= 11 is 0. The van der Waals surface area contributed by atoms with E-state index in [4.69, 9.17) is 5.11 Å². The molecule has 1 rings (SSSR count). The summed E-state index contributed by atoms with van der Waals surface area (Å²) in [5, 5.41) is 9.10. The number of aliphatic hydroxyl groups excluding tert-OH is 1. The van der Waals surface area contributed by atoms with E-state index in [9.17, 15) is 4.79 Å². The first kappa shape index (κ1) is 9.20. The van der Waals surface area contributed by atoms with Gasteiger partial charge >= 0.3 is 0 Å². The molecule has 0 aromatic heterocycles. The molecule has 0 saturated heterocycles. The van der Waals surface area contributed by atoms with Crippen molar-refractivity contribution in [3.05, 3.63) is 23.8 Å². The van der Waals surface area contributed by atoms with E-state index in [2.05, 4.69) is 6.08 Å². The summed E-state index contributed by atoms with van der Waals surface area (Å²) in [4.78, 5) is 10.9. The molecule has 1 aliphatic carbocycles. The van der Waals surface area contributed by atoms with Crippen LogP contribution in [0.5, 0.6) is 0 Å². The average Bonchev–Trinajstić information content (AvgIpc) is 2.32. The molecule has 0 heterocycles. The number of hydrogen-bond acceptors (Lipinski definition) is 2. The Kier molecular flexibility index (Phi) is 3.23. The molecule has 2 heteroatoms. The lowest BCUT2D eigenvalue weighted by molar-refractivity contribution is -0.121. The highest BCUT2D eigenvalue weighted by atomic mass is 16.3. The number of hydrogen-bond donors (Lipinski definition) is 1. The lowest BCUT2D eigenvalue weighted by Gasteiger charge is -1.99. The minimum absolute atomic E-state index is 0.134. The fourth-order valence-electron chi connectivity index (χ4n) is 1.31. The van der Waals surface area contributed by atoms with Crippen LogP contribution >= 0.6 is 0 Å². The summed E-state index contributed by atoms with van der Waals surface area (Å²) in [5.41, 5.74) is 1.07. The number of carbonyl (C=O) groups excluding carboxylic acids is 1. The predicted octanol–water partition coefficient (Wildman–Crippen LogP) is 1.60. The molecular weight excluding hydrogens is 152 g/mol. The number of aliphatic hydroxyl groups is 1. The molecule has 1 unspecified atom stereocenters. The van der Waals surface area contributed by atoms with Crippen molar-refractivity contribution in [3.8, 4) is 0 Å². The first-order chi connectivity index (χ1) is 5.74. The Balaban J connectivity index is 2.35. The molecule has 0 radical (unpaired) electrons. The molecule has 0 aromatic carbocycles. The van der Waals surface area contributed by atoms with Crippen molar-refractivity contribution < 1.29 is 9.90 Å². The second-order valence-electron chi connectivity index (χ2n) is 3.03. The molecule has 0 aliphatic heterocycles. The topological polar surface area (TPSA) is 37.3 Å². The Morgan fingerprint density at radius 1 is 1.75 bits per heavy atom. The van der Waals surface area contributed by atoms with Crippen LogP contribution in [0, 0.1) is 0 Å². The van der Waals surface area contributed by atoms with Gasteiger partial charge in [0, 0.05) is 6.42 Å². The van der Waals surface area contributed by atoms with Gasteiger partial charge in [0.05, 0.1) is 0 Å². The Morgan fingerprint density at radius 3 is 3.00 bits per heavy atom. The van der Waals surface area contributed by atoms with Crippen molar-refractivity contribution in [2.45, 2.75) is 32.3 Å². The van der Waals surface area contributed by atoms with Crippen molar-refractivity contribution in [2.75, 3.05) is 0 Å². The van der Waals surface area contributed by atoms with Gasteiger partial charge < -0.3 is 5.11 Å². The van der Waals surface area contributed by atoms with Gasteiger partial charge in [0.2, 0.25) is 0 Å². The average molecular weight is 166 g/mol. The maximum absolute atomic E-state index is 10.9. The van der Waals surface area contributed by atoms with Crippen LogP contribution in [0.1, 0.15) is 26.2 Å². The first-order valence-electron chi connectivity index (χ1n) is 4.26. The highest BCUT2D eigenvalue weighted by Crippen LogP contribution is 2.20. The number of carbonyl (C=O) groups is 1. The van der Waals surface area contributed by atoms with Crippen LogP contribution in [0.3, 0.4) is 0 Å². The molecule has 2 nitrogen and oxygen atoms in total. The zero-order valence-corrected chi connectivity index (χ0v) is 7.29. The van der Waals surface area contributed by atoms with Gasteiger partial charge in [-0.3, -0.25) is 4.79 Å². The summed E-state index contributed by atoms with van der Waals surface area (Å²) in [6, 6.07) is 0. The van der Waals surface area contributed by atoms with Gasteiger partial charge in [-0.2, -0.15) is 0 Å². The highest BCUT2D eigenvalue weighted by Gasteiger charge is 2.21. The Morgan fingerprint density at radius 2 is 2.50 bits per heavy atom. The highest BCUT2D eigenvalue weighted by molar-refractivity contribution is 5.96. The summed E-state index contributed by atoms with van der Waals surface area (Å²) in [5.74, 6) is -0.134. The van der Waals surface area contributed by atoms with E-state index in [-0.39, 0.29) is 5.78 Å². The van der Waals surface area contributed by atoms with Crippen molar-refractivity contribution in [1.82, 2.24) is 0 Å². The third-order valence-corrected chi connectivity index (χ3v) is 2.00. The molecular formula is C10H14O2. The molecule has 1 atom stereocenters. The van der Waals surface area contributed by atoms with E-state index in [1.165, 1.54) is 0 Å². The van der Waals surface area contributed by atoms with Crippen LogP contribution in [0.15, 0.2) is 23.8 Å². The molecule has 1 N–H and O–H groups in total. The molecule has 66 valence electrons.